The predicted molar refractivity (Wildman–Crippen MR) is 52.2 cm³/mol. The van der Waals surface area contributed by atoms with Crippen molar-refractivity contribution in [1.29, 1.82) is 0 Å². The van der Waals surface area contributed by atoms with Crippen LogP contribution in [-0.4, -0.2) is 34.9 Å². The van der Waals surface area contributed by atoms with Crippen LogP contribution in [0, 0.1) is 5.82 Å². The maximum absolute atomic E-state index is 12.7. The second kappa shape index (κ2) is 3.63. The van der Waals surface area contributed by atoms with E-state index in [1.807, 2.05) is 0 Å². The fraction of sp³-hybridized carbons (Fsp3) is 0.125. The lowest BCUT2D eigenvalue weighted by molar-refractivity contribution is 0.586. The van der Waals surface area contributed by atoms with Crippen molar-refractivity contribution in [2.45, 2.75) is 5.16 Å². The molecule has 84 valence electrons. The van der Waals surface area contributed by atoms with Crippen LogP contribution < -0.4 is 0 Å². The van der Waals surface area contributed by atoms with Crippen LogP contribution >= 0.6 is 0 Å². The SMILES string of the molecule is CS(=O)(=O)c1nnnn1-c1ccc(F)cc1. The van der Waals surface area contributed by atoms with Gasteiger partial charge in [0.15, 0.2) is 0 Å². The van der Waals surface area contributed by atoms with Crippen molar-refractivity contribution in [3.8, 4) is 5.69 Å². The molecular formula is C8H7FN4O2S. The molecule has 0 aliphatic carbocycles. The summed E-state index contributed by atoms with van der Waals surface area (Å²) in [5.74, 6) is -0.419. The third-order valence-corrected chi connectivity index (χ3v) is 2.76. The molecule has 6 nitrogen and oxygen atoms in total. The standard InChI is InChI=1S/C8H7FN4O2S/c1-16(14,15)8-10-11-12-13(8)7-4-2-6(9)3-5-7/h2-5H,1H3. The smallest absolute Gasteiger partial charge is 0.221 e. The van der Waals surface area contributed by atoms with E-state index in [2.05, 4.69) is 15.5 Å². The summed E-state index contributed by atoms with van der Waals surface area (Å²) in [7, 11) is -3.52. The minimum absolute atomic E-state index is 0.279. The highest BCUT2D eigenvalue weighted by molar-refractivity contribution is 7.90. The minimum Gasteiger partial charge on any atom is -0.221 e. The molecule has 1 aromatic carbocycles. The normalized spacial score (nSPS) is 11.6. The van der Waals surface area contributed by atoms with E-state index in [-0.39, 0.29) is 5.16 Å². The monoisotopic (exact) mass is 242 g/mol. The Hall–Kier alpha value is -1.83. The molecule has 2 rings (SSSR count). The number of hydrogen-bond donors (Lipinski definition) is 0. The van der Waals surface area contributed by atoms with Gasteiger partial charge in [-0.1, -0.05) is 5.10 Å². The quantitative estimate of drug-likeness (QED) is 0.752. The molecule has 1 heterocycles. The number of sulfone groups is 1. The number of halogens is 1. The third kappa shape index (κ3) is 1.91. The Morgan fingerprint density at radius 2 is 1.88 bits per heavy atom. The lowest BCUT2D eigenvalue weighted by Gasteiger charge is -2.01. The third-order valence-electron chi connectivity index (χ3n) is 1.84. The largest absolute Gasteiger partial charge is 0.272 e. The average molecular weight is 242 g/mol. The van der Waals surface area contributed by atoms with Gasteiger partial charge in [-0.05, 0) is 34.7 Å². The Labute approximate surface area is 90.6 Å². The molecule has 0 radical (unpaired) electrons. The molecule has 0 saturated heterocycles. The summed E-state index contributed by atoms with van der Waals surface area (Å²) < 4.78 is 36.4. The van der Waals surface area contributed by atoms with Gasteiger partial charge in [0.2, 0.25) is 9.84 Å². The minimum atomic E-state index is -3.52. The zero-order chi connectivity index (χ0) is 11.8. The lowest BCUT2D eigenvalue weighted by Crippen LogP contribution is -2.08. The van der Waals surface area contributed by atoms with Crippen molar-refractivity contribution in [3.05, 3.63) is 30.1 Å². The first-order valence-electron chi connectivity index (χ1n) is 4.23. The fourth-order valence-corrected chi connectivity index (χ4v) is 1.80. The first-order chi connectivity index (χ1) is 7.48. The van der Waals surface area contributed by atoms with Crippen LogP contribution in [0.25, 0.3) is 5.69 Å². The molecule has 0 atom stereocenters. The number of aromatic nitrogens is 4. The van der Waals surface area contributed by atoms with Crippen LogP contribution in [0.2, 0.25) is 0 Å². The first-order valence-corrected chi connectivity index (χ1v) is 6.12. The van der Waals surface area contributed by atoms with E-state index in [0.29, 0.717) is 5.69 Å². The van der Waals surface area contributed by atoms with Gasteiger partial charge < -0.3 is 0 Å². The molecule has 0 bridgehead atoms. The Balaban J connectivity index is 2.58. The number of tetrazole rings is 1. The van der Waals surface area contributed by atoms with Crippen molar-refractivity contribution in [2.75, 3.05) is 6.26 Å². The fourth-order valence-electron chi connectivity index (χ4n) is 1.15. The molecule has 8 heteroatoms. The van der Waals surface area contributed by atoms with E-state index in [1.165, 1.54) is 24.3 Å². The highest BCUT2D eigenvalue weighted by Crippen LogP contribution is 2.12. The summed E-state index contributed by atoms with van der Waals surface area (Å²) in [6, 6.07) is 5.17. The lowest BCUT2D eigenvalue weighted by atomic mass is 10.3. The van der Waals surface area contributed by atoms with E-state index >= 15 is 0 Å². The van der Waals surface area contributed by atoms with Crippen LogP contribution in [0.5, 0.6) is 0 Å². The Morgan fingerprint density at radius 3 is 2.44 bits per heavy atom. The van der Waals surface area contributed by atoms with Crippen LogP contribution in [-0.2, 0) is 9.84 Å². The van der Waals surface area contributed by atoms with Gasteiger partial charge in [0, 0.05) is 6.26 Å². The van der Waals surface area contributed by atoms with E-state index in [1.54, 1.807) is 0 Å². The molecule has 0 amide bonds. The summed E-state index contributed by atoms with van der Waals surface area (Å²) in [5, 5.41) is 9.94. The molecule has 2 aromatic rings. The average Bonchev–Trinajstić information content (AvgIpc) is 2.66. The summed E-state index contributed by atoms with van der Waals surface area (Å²) in [6.07, 6.45) is 0.999. The summed E-state index contributed by atoms with van der Waals surface area (Å²) in [4.78, 5) is 0. The maximum atomic E-state index is 12.7. The van der Waals surface area contributed by atoms with Crippen molar-refractivity contribution in [3.63, 3.8) is 0 Å². The number of benzene rings is 1. The van der Waals surface area contributed by atoms with Crippen LogP contribution in [0.15, 0.2) is 29.4 Å². The summed E-state index contributed by atoms with van der Waals surface area (Å²) in [6.45, 7) is 0. The molecule has 0 aliphatic heterocycles. The van der Waals surface area contributed by atoms with E-state index in [0.717, 1.165) is 10.9 Å². The van der Waals surface area contributed by atoms with Gasteiger partial charge >= 0.3 is 0 Å². The topological polar surface area (TPSA) is 77.7 Å². The highest BCUT2D eigenvalue weighted by Gasteiger charge is 2.18. The Kier molecular flexibility index (Phi) is 2.43. The summed E-state index contributed by atoms with van der Waals surface area (Å²) in [5.41, 5.74) is 0.381. The van der Waals surface area contributed by atoms with Gasteiger partial charge in [0.05, 0.1) is 5.69 Å². The molecule has 0 unspecified atom stereocenters. The van der Waals surface area contributed by atoms with Crippen LogP contribution in [0.1, 0.15) is 0 Å². The molecule has 1 aromatic heterocycles. The van der Waals surface area contributed by atoms with E-state index in [9.17, 15) is 12.8 Å². The van der Waals surface area contributed by atoms with Crippen molar-refractivity contribution in [2.24, 2.45) is 0 Å². The maximum Gasteiger partial charge on any atom is 0.272 e. The molecule has 0 aliphatic rings. The van der Waals surface area contributed by atoms with Gasteiger partial charge in [-0.2, -0.15) is 4.68 Å². The van der Waals surface area contributed by atoms with E-state index < -0.39 is 15.7 Å². The van der Waals surface area contributed by atoms with Crippen LogP contribution in [0.3, 0.4) is 0 Å². The van der Waals surface area contributed by atoms with Gasteiger partial charge in [-0.25, -0.2) is 12.8 Å². The van der Waals surface area contributed by atoms with Crippen molar-refractivity contribution in [1.82, 2.24) is 20.2 Å². The number of rotatable bonds is 2. The van der Waals surface area contributed by atoms with Gasteiger partial charge in [0.1, 0.15) is 5.82 Å². The van der Waals surface area contributed by atoms with Crippen molar-refractivity contribution < 1.29 is 12.8 Å². The molecule has 0 N–H and O–H groups in total. The molecule has 0 fully saturated rings. The van der Waals surface area contributed by atoms with Crippen molar-refractivity contribution >= 4 is 9.84 Å². The molecule has 0 saturated carbocycles. The Morgan fingerprint density at radius 1 is 1.25 bits per heavy atom. The zero-order valence-electron chi connectivity index (χ0n) is 8.20. The van der Waals surface area contributed by atoms with E-state index in [4.69, 9.17) is 0 Å². The predicted octanol–water partition coefficient (Wildman–Crippen LogP) is 0.205. The highest BCUT2D eigenvalue weighted by atomic mass is 32.2. The van der Waals surface area contributed by atoms with Crippen LogP contribution in [0.4, 0.5) is 4.39 Å². The Bertz CT molecular complexity index is 605. The molecule has 0 spiro atoms. The van der Waals surface area contributed by atoms with Gasteiger partial charge in [0.25, 0.3) is 5.16 Å². The number of hydrogen-bond acceptors (Lipinski definition) is 5. The summed E-state index contributed by atoms with van der Waals surface area (Å²) >= 11 is 0. The first kappa shape index (κ1) is 10.7. The second-order valence-corrected chi connectivity index (χ2v) is 5.03. The molecular weight excluding hydrogens is 235 g/mol. The molecule has 16 heavy (non-hydrogen) atoms. The van der Waals surface area contributed by atoms with Gasteiger partial charge in [-0.15, -0.1) is 0 Å². The van der Waals surface area contributed by atoms with Gasteiger partial charge in [-0.3, -0.25) is 0 Å². The second-order valence-electron chi connectivity index (χ2n) is 3.12. The number of nitrogens with zero attached hydrogens (tertiary/aromatic N) is 4. The zero-order valence-corrected chi connectivity index (χ0v) is 9.02.